The second-order valence-electron chi connectivity index (χ2n) is 6.46. The molecule has 0 saturated carbocycles. The molecule has 0 bridgehead atoms. The number of hydrogen-bond donors (Lipinski definition) is 3. The molecule has 0 spiro atoms. The first-order valence-electron chi connectivity index (χ1n) is 9.07. The van der Waals surface area contributed by atoms with E-state index >= 15 is 0 Å². The van der Waals surface area contributed by atoms with Gasteiger partial charge >= 0.3 is 0 Å². The first-order valence-corrected chi connectivity index (χ1v) is 9.07. The van der Waals surface area contributed by atoms with E-state index in [-0.39, 0.29) is 17.7 Å². The van der Waals surface area contributed by atoms with E-state index in [1.165, 1.54) is 19.3 Å². The molecule has 4 N–H and O–H groups in total. The minimum absolute atomic E-state index is 0.00585. The number of methoxy groups -OCH3 is 1. The molecule has 0 aliphatic carbocycles. The molecule has 0 amide bonds. The topological polar surface area (TPSA) is 127 Å². The van der Waals surface area contributed by atoms with Gasteiger partial charge in [0.2, 0.25) is 11.5 Å². The number of amidine groups is 1. The van der Waals surface area contributed by atoms with Crippen molar-refractivity contribution in [2.75, 3.05) is 12.4 Å². The maximum absolute atomic E-state index is 7.48. The van der Waals surface area contributed by atoms with Gasteiger partial charge in [0, 0.05) is 24.1 Å². The van der Waals surface area contributed by atoms with Crippen LogP contribution in [0.4, 0.5) is 11.5 Å². The fourth-order valence-electron chi connectivity index (χ4n) is 2.50. The number of rotatable bonds is 8. The molecule has 2 aromatic heterocycles. The largest absolute Gasteiger partial charge is 0.481 e. The fourth-order valence-corrected chi connectivity index (χ4v) is 2.50. The number of nitrogens with zero attached hydrogens (tertiary/aromatic N) is 5. The second-order valence-corrected chi connectivity index (χ2v) is 6.46. The quantitative estimate of drug-likeness (QED) is 0.483. The van der Waals surface area contributed by atoms with Gasteiger partial charge in [-0.05, 0) is 18.9 Å². The van der Waals surface area contributed by atoms with Crippen LogP contribution in [-0.2, 0) is 4.74 Å². The molecule has 0 fully saturated rings. The third-order valence-corrected chi connectivity index (χ3v) is 4.10. The van der Waals surface area contributed by atoms with Crippen molar-refractivity contribution in [3.8, 4) is 0 Å². The standard InChI is InChI=1S/C18H28N8O/c1-6-12(7-2)21-16-10-13(22-14(19)8-9-15(20)27-5)18-24-23-17(11(3)4)26(18)25-16/h8-12,20H,6-7H2,1-5H3,(H2,19,22)(H,21,25)/b9-8-,20-15?. The fraction of sp³-hybridized carbons (Fsp3) is 0.500. The molecular weight excluding hydrogens is 344 g/mol. The molecule has 0 aliphatic rings. The first kappa shape index (κ1) is 20.3. The molecule has 9 nitrogen and oxygen atoms in total. The van der Waals surface area contributed by atoms with Crippen LogP contribution < -0.4 is 11.1 Å². The number of hydrogen-bond acceptors (Lipinski definition) is 7. The molecule has 0 atom stereocenters. The third kappa shape index (κ3) is 5.02. The van der Waals surface area contributed by atoms with Crippen LogP contribution in [0, 0.1) is 5.41 Å². The predicted octanol–water partition coefficient (Wildman–Crippen LogP) is 3.02. The Morgan fingerprint density at radius 3 is 2.63 bits per heavy atom. The van der Waals surface area contributed by atoms with Crippen LogP contribution >= 0.6 is 0 Å². The number of aliphatic imine (C=N–C) groups is 1. The summed E-state index contributed by atoms with van der Waals surface area (Å²) in [4.78, 5) is 4.44. The highest BCUT2D eigenvalue weighted by Crippen LogP contribution is 2.25. The summed E-state index contributed by atoms with van der Waals surface area (Å²) in [6, 6.07) is 2.12. The molecule has 0 unspecified atom stereocenters. The molecule has 2 heterocycles. The van der Waals surface area contributed by atoms with E-state index in [2.05, 4.69) is 39.5 Å². The SMILES string of the molecule is CCC(CC)Nc1cc(N=C(N)/C=C\C(=N)OC)c2nnc(C(C)C)n2n1. The summed E-state index contributed by atoms with van der Waals surface area (Å²) in [6.07, 6.45) is 4.91. The molecule has 0 aliphatic heterocycles. The van der Waals surface area contributed by atoms with Crippen molar-refractivity contribution in [2.45, 2.75) is 52.5 Å². The molecule has 2 aromatic rings. The van der Waals surface area contributed by atoms with Gasteiger partial charge in [-0.25, -0.2) is 4.99 Å². The zero-order valence-electron chi connectivity index (χ0n) is 16.5. The van der Waals surface area contributed by atoms with E-state index in [1.54, 1.807) is 4.52 Å². The number of aromatic nitrogens is 4. The molecule has 0 radical (unpaired) electrons. The third-order valence-electron chi connectivity index (χ3n) is 4.10. The van der Waals surface area contributed by atoms with Crippen molar-refractivity contribution in [3.05, 3.63) is 24.0 Å². The van der Waals surface area contributed by atoms with Crippen LogP contribution in [0.25, 0.3) is 5.65 Å². The van der Waals surface area contributed by atoms with Gasteiger partial charge in [0.05, 0.1) is 7.11 Å². The zero-order chi connectivity index (χ0) is 20.0. The predicted molar refractivity (Wildman–Crippen MR) is 108 cm³/mol. The average molecular weight is 372 g/mol. The van der Waals surface area contributed by atoms with E-state index in [0.717, 1.165) is 18.7 Å². The normalized spacial score (nSPS) is 12.5. The van der Waals surface area contributed by atoms with Crippen molar-refractivity contribution >= 4 is 28.9 Å². The summed E-state index contributed by atoms with van der Waals surface area (Å²) >= 11 is 0. The molecule has 146 valence electrons. The summed E-state index contributed by atoms with van der Waals surface area (Å²) in [7, 11) is 1.42. The summed E-state index contributed by atoms with van der Waals surface area (Å²) in [6.45, 7) is 8.33. The number of anilines is 1. The molecule has 27 heavy (non-hydrogen) atoms. The van der Waals surface area contributed by atoms with Gasteiger partial charge in [-0.3, -0.25) is 5.41 Å². The summed E-state index contributed by atoms with van der Waals surface area (Å²) in [5, 5.41) is 24.0. The number of nitrogens with one attached hydrogen (secondary N) is 2. The molecular formula is C18H28N8O. The van der Waals surface area contributed by atoms with Crippen molar-refractivity contribution in [2.24, 2.45) is 10.7 Å². The van der Waals surface area contributed by atoms with Crippen molar-refractivity contribution in [1.29, 1.82) is 5.41 Å². The van der Waals surface area contributed by atoms with Crippen LogP contribution in [0.3, 0.4) is 0 Å². The van der Waals surface area contributed by atoms with Gasteiger partial charge in [-0.15, -0.1) is 15.3 Å². The number of fused-ring (bicyclic) bond motifs is 1. The minimum Gasteiger partial charge on any atom is -0.481 e. The first-order chi connectivity index (χ1) is 12.9. The molecule has 2 rings (SSSR count). The van der Waals surface area contributed by atoms with Crippen LogP contribution in [0.5, 0.6) is 0 Å². The Labute approximate surface area is 159 Å². The highest BCUT2D eigenvalue weighted by Gasteiger charge is 2.16. The molecule has 9 heteroatoms. The van der Waals surface area contributed by atoms with Crippen LogP contribution in [-0.4, -0.2) is 44.7 Å². The monoisotopic (exact) mass is 372 g/mol. The molecule has 0 aromatic carbocycles. The Kier molecular flexibility index (Phi) is 6.86. The Bertz CT molecular complexity index is 848. The highest BCUT2D eigenvalue weighted by molar-refractivity contribution is 5.99. The Hall–Kier alpha value is -2.97. The maximum Gasteiger partial charge on any atom is 0.205 e. The van der Waals surface area contributed by atoms with Gasteiger partial charge in [0.1, 0.15) is 17.3 Å². The lowest BCUT2D eigenvalue weighted by Crippen LogP contribution is -2.19. The summed E-state index contributed by atoms with van der Waals surface area (Å²) in [5.74, 6) is 1.83. The Morgan fingerprint density at radius 2 is 2.04 bits per heavy atom. The van der Waals surface area contributed by atoms with Crippen molar-refractivity contribution in [1.82, 2.24) is 19.8 Å². The lowest BCUT2D eigenvalue weighted by molar-refractivity contribution is 0.403. The number of ether oxygens (including phenoxy) is 1. The number of nitrogens with two attached hydrogens (primary N) is 1. The van der Waals surface area contributed by atoms with Gasteiger partial charge in [0.25, 0.3) is 0 Å². The summed E-state index contributed by atoms with van der Waals surface area (Å²) < 4.78 is 6.49. The second kappa shape index (κ2) is 9.11. The smallest absolute Gasteiger partial charge is 0.205 e. The average Bonchev–Trinajstić information content (AvgIpc) is 3.08. The maximum atomic E-state index is 7.48. The Morgan fingerprint density at radius 1 is 1.33 bits per heavy atom. The van der Waals surface area contributed by atoms with Gasteiger partial charge in [-0.1, -0.05) is 27.7 Å². The van der Waals surface area contributed by atoms with E-state index in [4.69, 9.17) is 15.9 Å². The van der Waals surface area contributed by atoms with Crippen LogP contribution in [0.15, 0.2) is 23.2 Å². The van der Waals surface area contributed by atoms with E-state index in [0.29, 0.717) is 23.2 Å². The van der Waals surface area contributed by atoms with Gasteiger partial charge < -0.3 is 15.8 Å². The summed E-state index contributed by atoms with van der Waals surface area (Å²) in [5.41, 5.74) is 7.08. The minimum atomic E-state index is -0.00585. The Balaban J connectivity index is 2.52. The van der Waals surface area contributed by atoms with Crippen molar-refractivity contribution in [3.63, 3.8) is 0 Å². The van der Waals surface area contributed by atoms with Gasteiger partial charge in [-0.2, -0.15) is 4.52 Å². The van der Waals surface area contributed by atoms with E-state index < -0.39 is 0 Å². The lowest BCUT2D eigenvalue weighted by Gasteiger charge is -2.16. The van der Waals surface area contributed by atoms with E-state index in [1.807, 2.05) is 19.9 Å². The zero-order valence-corrected chi connectivity index (χ0v) is 16.5. The lowest BCUT2D eigenvalue weighted by atomic mass is 10.2. The molecule has 0 saturated heterocycles. The van der Waals surface area contributed by atoms with Gasteiger partial charge in [0.15, 0.2) is 5.82 Å². The van der Waals surface area contributed by atoms with E-state index in [9.17, 15) is 0 Å². The van der Waals surface area contributed by atoms with Crippen LogP contribution in [0.2, 0.25) is 0 Å². The van der Waals surface area contributed by atoms with Crippen LogP contribution in [0.1, 0.15) is 52.3 Å². The van der Waals surface area contributed by atoms with Crippen molar-refractivity contribution < 1.29 is 4.74 Å². The highest BCUT2D eigenvalue weighted by atomic mass is 16.5.